The molecule has 2 aromatic rings. The number of carbonyl (C=O) groups excluding carboxylic acids is 4. The number of nitrogens with zero attached hydrogens (tertiary/aromatic N) is 1. The lowest BCUT2D eigenvalue weighted by atomic mass is 10.1. The Balaban J connectivity index is 1.47. The van der Waals surface area contributed by atoms with Crippen molar-refractivity contribution >= 4 is 45.3 Å². The Bertz CT molecular complexity index is 995. The molecule has 3 amide bonds. The number of para-hydroxylation sites is 2. The Kier molecular flexibility index (Phi) is 7.24. The van der Waals surface area contributed by atoms with Gasteiger partial charge in [0.1, 0.15) is 5.75 Å². The van der Waals surface area contributed by atoms with E-state index in [4.69, 9.17) is 9.47 Å². The van der Waals surface area contributed by atoms with Crippen molar-refractivity contribution in [1.29, 1.82) is 0 Å². The van der Waals surface area contributed by atoms with Gasteiger partial charge in [0.2, 0.25) is 5.91 Å². The van der Waals surface area contributed by atoms with Crippen molar-refractivity contribution in [2.75, 3.05) is 25.2 Å². The van der Waals surface area contributed by atoms with Gasteiger partial charge < -0.3 is 14.4 Å². The number of anilines is 1. The van der Waals surface area contributed by atoms with Crippen LogP contribution in [0, 0.1) is 5.92 Å². The maximum atomic E-state index is 12.4. The van der Waals surface area contributed by atoms with Crippen LogP contribution in [0.15, 0.2) is 53.0 Å². The zero-order valence-electron chi connectivity index (χ0n) is 16.6. The van der Waals surface area contributed by atoms with E-state index in [0.29, 0.717) is 17.0 Å². The molecule has 2 N–H and O–H groups in total. The van der Waals surface area contributed by atoms with Crippen LogP contribution in [0.1, 0.15) is 16.8 Å². The van der Waals surface area contributed by atoms with Crippen molar-refractivity contribution in [3.63, 3.8) is 0 Å². The molecule has 162 valence electrons. The number of esters is 1. The van der Waals surface area contributed by atoms with Crippen LogP contribution in [0.2, 0.25) is 0 Å². The zero-order valence-corrected chi connectivity index (χ0v) is 18.2. The summed E-state index contributed by atoms with van der Waals surface area (Å²) >= 11 is 3.27. The fourth-order valence-corrected chi connectivity index (χ4v) is 3.31. The number of ether oxygens (including phenoxy) is 2. The topological polar surface area (TPSA) is 114 Å². The number of carbonyl (C=O) groups is 4. The minimum Gasteiger partial charge on any atom is -0.495 e. The van der Waals surface area contributed by atoms with E-state index in [1.54, 1.807) is 48.5 Å². The third kappa shape index (κ3) is 5.60. The lowest BCUT2D eigenvalue weighted by molar-refractivity contribution is -0.152. The van der Waals surface area contributed by atoms with Crippen molar-refractivity contribution in [2.45, 2.75) is 6.42 Å². The minimum absolute atomic E-state index is 0.0290. The molecule has 0 spiro atoms. The summed E-state index contributed by atoms with van der Waals surface area (Å²) in [5, 5.41) is 0. The van der Waals surface area contributed by atoms with Gasteiger partial charge in [-0.25, -0.2) is 0 Å². The Morgan fingerprint density at radius 2 is 1.81 bits per heavy atom. The number of benzene rings is 2. The maximum Gasteiger partial charge on any atom is 0.311 e. The molecule has 9 nitrogen and oxygen atoms in total. The molecular weight excluding hydrogens is 470 g/mol. The number of hydrazine groups is 1. The normalized spacial score (nSPS) is 15.4. The largest absolute Gasteiger partial charge is 0.495 e. The Morgan fingerprint density at radius 1 is 1.10 bits per heavy atom. The molecule has 1 saturated heterocycles. The van der Waals surface area contributed by atoms with Gasteiger partial charge in [0.25, 0.3) is 11.8 Å². The first kappa shape index (κ1) is 22.3. The molecule has 2 aromatic carbocycles. The summed E-state index contributed by atoms with van der Waals surface area (Å²) in [4.78, 5) is 50.0. The second-order valence-electron chi connectivity index (χ2n) is 6.69. The van der Waals surface area contributed by atoms with Crippen molar-refractivity contribution in [1.82, 2.24) is 10.9 Å². The number of amides is 3. The van der Waals surface area contributed by atoms with E-state index in [9.17, 15) is 19.2 Å². The summed E-state index contributed by atoms with van der Waals surface area (Å²) in [6.07, 6.45) is -0.0290. The van der Waals surface area contributed by atoms with Crippen LogP contribution in [0.4, 0.5) is 5.69 Å². The highest BCUT2D eigenvalue weighted by Gasteiger charge is 2.37. The number of nitrogens with one attached hydrogen (secondary N) is 2. The molecular formula is C21H20BrN3O6. The standard InChI is InChI=1S/C21H20BrN3O6/c1-30-17-5-3-2-4-16(17)25-11-14(10-19(25)27)21(29)31-12-18(26)23-24-20(28)13-6-8-15(22)9-7-13/h2-9,14H,10-12H2,1H3,(H,23,26)(H,24,28)/t14-/m1/s1. The highest BCUT2D eigenvalue weighted by molar-refractivity contribution is 9.10. The van der Waals surface area contributed by atoms with Gasteiger partial charge in [-0.1, -0.05) is 28.1 Å². The van der Waals surface area contributed by atoms with E-state index in [1.165, 1.54) is 12.0 Å². The second kappa shape index (κ2) is 10.1. The van der Waals surface area contributed by atoms with E-state index in [0.717, 1.165) is 4.47 Å². The second-order valence-corrected chi connectivity index (χ2v) is 7.61. The average Bonchev–Trinajstić information content (AvgIpc) is 3.17. The van der Waals surface area contributed by atoms with Crippen molar-refractivity contribution in [3.8, 4) is 5.75 Å². The van der Waals surface area contributed by atoms with E-state index in [2.05, 4.69) is 26.8 Å². The first-order valence-electron chi connectivity index (χ1n) is 9.34. The smallest absolute Gasteiger partial charge is 0.311 e. The molecule has 10 heteroatoms. The first-order valence-corrected chi connectivity index (χ1v) is 10.1. The highest BCUT2D eigenvalue weighted by atomic mass is 79.9. The molecule has 0 radical (unpaired) electrons. The molecule has 1 heterocycles. The van der Waals surface area contributed by atoms with E-state index >= 15 is 0 Å². The summed E-state index contributed by atoms with van der Waals surface area (Å²) in [5.74, 6) is -2.31. The molecule has 31 heavy (non-hydrogen) atoms. The van der Waals surface area contributed by atoms with Gasteiger partial charge in [0, 0.05) is 23.0 Å². The predicted molar refractivity (Wildman–Crippen MR) is 114 cm³/mol. The Hall–Kier alpha value is -3.40. The molecule has 1 aliphatic rings. The predicted octanol–water partition coefficient (Wildman–Crippen LogP) is 1.82. The van der Waals surface area contributed by atoms with Crippen molar-refractivity contribution < 1.29 is 28.7 Å². The quantitative estimate of drug-likeness (QED) is 0.472. The number of methoxy groups -OCH3 is 1. The van der Waals surface area contributed by atoms with Gasteiger partial charge in [-0.2, -0.15) is 0 Å². The van der Waals surface area contributed by atoms with Gasteiger partial charge in [0.15, 0.2) is 6.61 Å². The van der Waals surface area contributed by atoms with Gasteiger partial charge >= 0.3 is 5.97 Å². The number of rotatable bonds is 6. The van der Waals surface area contributed by atoms with Crippen LogP contribution in [0.3, 0.4) is 0 Å². The lowest BCUT2D eigenvalue weighted by Gasteiger charge is -2.19. The van der Waals surface area contributed by atoms with Gasteiger partial charge in [-0.3, -0.25) is 30.0 Å². The van der Waals surface area contributed by atoms with Crippen molar-refractivity contribution in [2.24, 2.45) is 5.92 Å². The van der Waals surface area contributed by atoms with Crippen LogP contribution in [0.5, 0.6) is 5.75 Å². The number of hydrogen-bond donors (Lipinski definition) is 2. The van der Waals surface area contributed by atoms with E-state index in [-0.39, 0.29) is 18.9 Å². The molecule has 1 atom stereocenters. The SMILES string of the molecule is COc1ccccc1N1C[C@H](C(=O)OCC(=O)NNC(=O)c2ccc(Br)cc2)CC1=O. The third-order valence-electron chi connectivity index (χ3n) is 4.60. The van der Waals surface area contributed by atoms with E-state index in [1.807, 2.05) is 0 Å². The summed E-state index contributed by atoms with van der Waals surface area (Å²) in [7, 11) is 1.50. The summed E-state index contributed by atoms with van der Waals surface area (Å²) in [5.41, 5.74) is 5.33. The van der Waals surface area contributed by atoms with Crippen LogP contribution >= 0.6 is 15.9 Å². The monoisotopic (exact) mass is 489 g/mol. The van der Waals surface area contributed by atoms with Crippen LogP contribution in [-0.4, -0.2) is 44.0 Å². The Morgan fingerprint density at radius 3 is 2.52 bits per heavy atom. The van der Waals surface area contributed by atoms with Gasteiger partial charge in [-0.05, 0) is 36.4 Å². The average molecular weight is 490 g/mol. The molecule has 0 aromatic heterocycles. The lowest BCUT2D eigenvalue weighted by Crippen LogP contribution is -2.43. The Labute approximate surface area is 186 Å². The molecule has 3 rings (SSSR count). The molecule has 0 unspecified atom stereocenters. The molecule has 1 fully saturated rings. The fraction of sp³-hybridized carbons (Fsp3) is 0.238. The van der Waals surface area contributed by atoms with E-state index < -0.39 is 30.3 Å². The van der Waals surface area contributed by atoms with Crippen LogP contribution in [0.25, 0.3) is 0 Å². The molecule has 0 saturated carbocycles. The molecule has 0 aliphatic carbocycles. The van der Waals surface area contributed by atoms with Crippen molar-refractivity contribution in [3.05, 3.63) is 58.6 Å². The van der Waals surface area contributed by atoms with Crippen LogP contribution < -0.4 is 20.5 Å². The first-order chi connectivity index (χ1) is 14.9. The summed E-state index contributed by atoms with van der Waals surface area (Å²) < 4.78 is 11.1. The fourth-order valence-electron chi connectivity index (χ4n) is 3.04. The molecule has 1 aliphatic heterocycles. The van der Waals surface area contributed by atoms with Crippen LogP contribution in [-0.2, 0) is 19.1 Å². The van der Waals surface area contributed by atoms with Gasteiger partial charge in [0.05, 0.1) is 18.7 Å². The number of hydrogen-bond acceptors (Lipinski definition) is 6. The molecule has 0 bridgehead atoms. The summed E-state index contributed by atoms with van der Waals surface area (Å²) in [6.45, 7) is -0.460. The van der Waals surface area contributed by atoms with Gasteiger partial charge in [-0.15, -0.1) is 0 Å². The zero-order chi connectivity index (χ0) is 22.4. The highest BCUT2D eigenvalue weighted by Crippen LogP contribution is 2.33. The third-order valence-corrected chi connectivity index (χ3v) is 5.13. The maximum absolute atomic E-state index is 12.4. The summed E-state index contributed by atoms with van der Waals surface area (Å²) in [6, 6.07) is 13.5. The minimum atomic E-state index is -0.706. The number of halogens is 1.